The van der Waals surface area contributed by atoms with Crippen LogP contribution in [0.5, 0.6) is 11.5 Å². The van der Waals surface area contributed by atoms with E-state index in [0.29, 0.717) is 28.1 Å². The molecule has 0 radical (unpaired) electrons. The van der Waals surface area contributed by atoms with Gasteiger partial charge in [-0.05, 0) is 65.3 Å². The molecule has 28 heavy (non-hydrogen) atoms. The number of terminal acetylenes is 1. The molecule has 0 saturated carbocycles. The van der Waals surface area contributed by atoms with E-state index in [9.17, 15) is 14.4 Å². The Morgan fingerprint density at radius 3 is 2.71 bits per heavy atom. The van der Waals surface area contributed by atoms with Crippen LogP contribution in [0.15, 0.2) is 21.5 Å². The number of rotatable bonds is 7. The second kappa shape index (κ2) is 9.66. The lowest BCUT2D eigenvalue weighted by Gasteiger charge is -2.18. The van der Waals surface area contributed by atoms with Gasteiger partial charge in [0.2, 0.25) is 0 Å². The van der Waals surface area contributed by atoms with Crippen LogP contribution in [-0.2, 0) is 14.3 Å². The Bertz CT molecular complexity index is 876. The predicted octanol–water partition coefficient (Wildman–Crippen LogP) is 3.46. The zero-order valence-electron chi connectivity index (χ0n) is 15.5. The molecule has 1 aromatic rings. The summed E-state index contributed by atoms with van der Waals surface area (Å²) in [6, 6.07) is 2.39. The van der Waals surface area contributed by atoms with Gasteiger partial charge in [0, 0.05) is 0 Å². The van der Waals surface area contributed by atoms with Crippen LogP contribution in [0.2, 0.25) is 0 Å². The first kappa shape index (κ1) is 21.9. The first-order valence-electron chi connectivity index (χ1n) is 8.21. The highest BCUT2D eigenvalue weighted by Gasteiger charge is 2.41. The Hall–Kier alpha value is -2.44. The summed E-state index contributed by atoms with van der Waals surface area (Å²) >= 11 is 4.16. The maximum atomic E-state index is 12.6. The summed E-state index contributed by atoms with van der Waals surface area (Å²) in [4.78, 5) is 37.6. The van der Waals surface area contributed by atoms with Crippen molar-refractivity contribution in [2.45, 2.75) is 19.9 Å². The first-order valence-corrected chi connectivity index (χ1v) is 9.82. The quantitative estimate of drug-likeness (QED) is 0.345. The number of methoxy groups -OCH3 is 1. The maximum absolute atomic E-state index is 12.6. The third-order valence-corrected chi connectivity index (χ3v) is 5.16. The van der Waals surface area contributed by atoms with E-state index >= 15 is 0 Å². The molecule has 2 rings (SSSR count). The Kier molecular flexibility index (Phi) is 7.54. The van der Waals surface area contributed by atoms with Crippen molar-refractivity contribution in [3.63, 3.8) is 0 Å². The number of hydrogen-bond acceptors (Lipinski definition) is 7. The number of ether oxygens (including phenoxy) is 3. The number of nitrogens with zero attached hydrogens (tertiary/aromatic N) is 1. The van der Waals surface area contributed by atoms with Crippen LogP contribution in [-0.4, -0.2) is 48.4 Å². The van der Waals surface area contributed by atoms with Gasteiger partial charge in [-0.25, -0.2) is 4.79 Å². The van der Waals surface area contributed by atoms with Crippen LogP contribution in [0.3, 0.4) is 0 Å². The van der Waals surface area contributed by atoms with Gasteiger partial charge in [0.05, 0.1) is 23.1 Å². The summed E-state index contributed by atoms with van der Waals surface area (Å²) in [5, 5.41) is -0.535. The molecule has 1 atom stereocenters. The van der Waals surface area contributed by atoms with E-state index in [1.165, 1.54) is 14.0 Å². The van der Waals surface area contributed by atoms with Crippen LogP contribution >= 0.6 is 27.7 Å². The highest BCUT2D eigenvalue weighted by Crippen LogP contribution is 2.39. The zero-order valence-corrected chi connectivity index (χ0v) is 17.9. The zero-order chi connectivity index (χ0) is 20.8. The molecular formula is C19H18BrNO6S. The fraction of sp³-hybridized carbons (Fsp3) is 0.316. The summed E-state index contributed by atoms with van der Waals surface area (Å²) in [6.45, 7) is 3.73. The van der Waals surface area contributed by atoms with E-state index in [4.69, 9.17) is 15.9 Å². The SMILES string of the molecule is C#CCOc1c(Br)cc(/C=C2/SC(=O)N([C@@H](C)C(=O)OC)C2=O)cc1OCC. The standard InChI is InChI=1S/C19H18BrNO6S/c1-5-7-27-16-13(20)8-12(9-14(16)26-6-2)10-15-17(22)21(19(24)28-15)11(3)18(23)25-4/h1,8-11H,6-7H2,2-4H3/b15-10+/t11-/m0/s1. The second-order valence-electron chi connectivity index (χ2n) is 5.51. The van der Waals surface area contributed by atoms with Crippen LogP contribution in [0.25, 0.3) is 6.08 Å². The minimum Gasteiger partial charge on any atom is -0.490 e. The Morgan fingerprint density at radius 2 is 2.11 bits per heavy atom. The minimum absolute atomic E-state index is 0.0718. The number of halogens is 1. The van der Waals surface area contributed by atoms with Crippen LogP contribution in [0.1, 0.15) is 19.4 Å². The van der Waals surface area contributed by atoms with Crippen molar-refractivity contribution in [2.75, 3.05) is 20.3 Å². The molecule has 1 fully saturated rings. The third-order valence-electron chi connectivity index (χ3n) is 3.68. The number of carbonyl (C=O) groups is 3. The number of benzene rings is 1. The molecule has 0 unspecified atom stereocenters. The summed E-state index contributed by atoms with van der Waals surface area (Å²) in [6.07, 6.45) is 6.78. The van der Waals surface area contributed by atoms with E-state index in [1.54, 1.807) is 18.2 Å². The van der Waals surface area contributed by atoms with Crippen molar-refractivity contribution in [2.24, 2.45) is 0 Å². The van der Waals surface area contributed by atoms with Crippen molar-refractivity contribution in [3.05, 3.63) is 27.1 Å². The fourth-order valence-electron chi connectivity index (χ4n) is 2.43. The number of esters is 1. The third kappa shape index (κ3) is 4.69. The summed E-state index contributed by atoms with van der Waals surface area (Å²) < 4.78 is 16.3. The van der Waals surface area contributed by atoms with E-state index in [0.717, 1.165) is 16.7 Å². The van der Waals surface area contributed by atoms with Crippen molar-refractivity contribution in [1.29, 1.82) is 0 Å². The maximum Gasteiger partial charge on any atom is 0.328 e. The van der Waals surface area contributed by atoms with Crippen LogP contribution < -0.4 is 9.47 Å². The highest BCUT2D eigenvalue weighted by atomic mass is 79.9. The first-order chi connectivity index (χ1) is 13.3. The van der Waals surface area contributed by atoms with Gasteiger partial charge in [-0.3, -0.25) is 14.5 Å². The molecule has 1 aromatic carbocycles. The lowest BCUT2D eigenvalue weighted by atomic mass is 10.1. The average molecular weight is 468 g/mol. The van der Waals surface area contributed by atoms with Gasteiger partial charge in [0.1, 0.15) is 12.6 Å². The minimum atomic E-state index is -1.01. The molecular weight excluding hydrogens is 450 g/mol. The van der Waals surface area contributed by atoms with Crippen LogP contribution in [0.4, 0.5) is 4.79 Å². The summed E-state index contributed by atoms with van der Waals surface area (Å²) in [5.41, 5.74) is 0.611. The van der Waals surface area contributed by atoms with Gasteiger partial charge in [-0.15, -0.1) is 6.42 Å². The molecule has 0 aliphatic carbocycles. The van der Waals surface area contributed by atoms with Gasteiger partial charge in [-0.2, -0.15) is 0 Å². The number of hydrogen-bond donors (Lipinski definition) is 0. The largest absolute Gasteiger partial charge is 0.490 e. The highest BCUT2D eigenvalue weighted by molar-refractivity contribution is 9.10. The number of thioether (sulfide) groups is 1. The normalized spacial score (nSPS) is 16.1. The Balaban J connectivity index is 2.37. The van der Waals surface area contributed by atoms with Gasteiger partial charge in [-0.1, -0.05) is 5.92 Å². The summed E-state index contributed by atoms with van der Waals surface area (Å²) in [7, 11) is 1.20. The van der Waals surface area contributed by atoms with E-state index in [1.807, 2.05) is 6.92 Å². The molecule has 1 heterocycles. The molecule has 0 aromatic heterocycles. The van der Waals surface area contributed by atoms with E-state index in [2.05, 4.69) is 26.6 Å². The molecule has 1 saturated heterocycles. The van der Waals surface area contributed by atoms with E-state index < -0.39 is 23.2 Å². The smallest absolute Gasteiger partial charge is 0.328 e. The topological polar surface area (TPSA) is 82.1 Å². The van der Waals surface area contributed by atoms with Gasteiger partial charge in [0.25, 0.3) is 11.1 Å². The summed E-state index contributed by atoms with van der Waals surface area (Å²) in [5.74, 6) is 2.05. The molecule has 1 aliphatic rings. The van der Waals surface area contributed by atoms with Gasteiger partial charge in [0.15, 0.2) is 11.5 Å². The average Bonchev–Trinajstić information content (AvgIpc) is 2.93. The second-order valence-corrected chi connectivity index (χ2v) is 7.35. The molecule has 9 heteroatoms. The number of imide groups is 1. The fourth-order valence-corrected chi connectivity index (χ4v) is 3.91. The Labute approximate surface area is 175 Å². The predicted molar refractivity (Wildman–Crippen MR) is 109 cm³/mol. The van der Waals surface area contributed by atoms with Crippen molar-refractivity contribution < 1.29 is 28.6 Å². The molecule has 1 aliphatic heterocycles. The molecule has 2 amide bonds. The van der Waals surface area contributed by atoms with E-state index in [-0.39, 0.29) is 11.5 Å². The Morgan fingerprint density at radius 1 is 1.39 bits per heavy atom. The lowest BCUT2D eigenvalue weighted by Crippen LogP contribution is -2.42. The molecule has 0 spiro atoms. The van der Waals surface area contributed by atoms with Gasteiger partial charge < -0.3 is 14.2 Å². The van der Waals surface area contributed by atoms with Crippen molar-refractivity contribution >= 4 is 50.9 Å². The van der Waals surface area contributed by atoms with Crippen LogP contribution in [0, 0.1) is 12.3 Å². The van der Waals surface area contributed by atoms with Crippen molar-refractivity contribution in [3.8, 4) is 23.8 Å². The number of amides is 2. The monoisotopic (exact) mass is 467 g/mol. The lowest BCUT2D eigenvalue weighted by molar-refractivity contribution is -0.148. The van der Waals surface area contributed by atoms with Crippen molar-refractivity contribution in [1.82, 2.24) is 4.90 Å². The molecule has 7 nitrogen and oxygen atoms in total. The molecule has 0 N–H and O–H groups in total. The molecule has 0 bridgehead atoms. The molecule has 148 valence electrons. The van der Waals surface area contributed by atoms with Gasteiger partial charge >= 0.3 is 5.97 Å². The number of carbonyl (C=O) groups excluding carboxylic acids is 3.